The van der Waals surface area contributed by atoms with Crippen molar-refractivity contribution in [2.24, 2.45) is 0 Å². The van der Waals surface area contributed by atoms with Gasteiger partial charge in [-0.05, 0) is 98.4 Å². The van der Waals surface area contributed by atoms with Crippen molar-refractivity contribution in [1.82, 2.24) is 9.80 Å². The number of methoxy groups -OCH3 is 3. The predicted octanol–water partition coefficient (Wildman–Crippen LogP) is 6.86. The number of phenols is 1. The lowest BCUT2D eigenvalue weighted by Gasteiger charge is -2.37. The first-order chi connectivity index (χ1) is 21.9. The van der Waals surface area contributed by atoms with Gasteiger partial charge in [0.05, 0.1) is 21.3 Å². The van der Waals surface area contributed by atoms with E-state index in [9.17, 15) is 5.11 Å². The molecular weight excluding hydrogens is 568 g/mol. The second-order valence-electron chi connectivity index (χ2n) is 12.2. The quantitative estimate of drug-likeness (QED) is 0.271. The molecule has 234 valence electrons. The van der Waals surface area contributed by atoms with Gasteiger partial charge in [0.2, 0.25) is 11.5 Å². The van der Waals surface area contributed by atoms with Crippen LogP contribution in [-0.4, -0.2) is 63.4 Å². The van der Waals surface area contributed by atoms with Crippen molar-refractivity contribution < 1.29 is 28.8 Å². The topological polar surface area (TPSA) is 72.9 Å². The molecular formula is C37H40N2O6. The number of likely N-dealkylation sites (N-methyl/N-ethyl adjacent to an activating group) is 2. The van der Waals surface area contributed by atoms with Crippen LogP contribution >= 0.6 is 0 Å². The highest BCUT2D eigenvalue weighted by Gasteiger charge is 2.34. The van der Waals surface area contributed by atoms with Gasteiger partial charge in [0.25, 0.3) is 0 Å². The van der Waals surface area contributed by atoms with E-state index in [1.54, 1.807) is 21.3 Å². The summed E-state index contributed by atoms with van der Waals surface area (Å²) < 4.78 is 30.6. The molecule has 8 nitrogen and oxygen atoms in total. The van der Waals surface area contributed by atoms with E-state index in [0.29, 0.717) is 34.5 Å². The van der Waals surface area contributed by atoms with Crippen LogP contribution in [0, 0.1) is 0 Å². The second-order valence-corrected chi connectivity index (χ2v) is 12.2. The van der Waals surface area contributed by atoms with Gasteiger partial charge in [-0.1, -0.05) is 24.3 Å². The van der Waals surface area contributed by atoms with Crippen LogP contribution in [0.4, 0.5) is 0 Å². The Morgan fingerprint density at radius 1 is 0.644 bits per heavy atom. The first-order valence-electron chi connectivity index (χ1n) is 15.5. The summed E-state index contributed by atoms with van der Waals surface area (Å²) in [5.41, 5.74) is 6.75. The van der Waals surface area contributed by atoms with Crippen molar-refractivity contribution in [3.63, 3.8) is 0 Å². The maximum atomic E-state index is 11.4. The van der Waals surface area contributed by atoms with Crippen molar-refractivity contribution in [2.75, 3.05) is 48.5 Å². The van der Waals surface area contributed by atoms with Gasteiger partial charge in [-0.15, -0.1) is 0 Å². The van der Waals surface area contributed by atoms with Gasteiger partial charge in [-0.25, -0.2) is 0 Å². The van der Waals surface area contributed by atoms with E-state index < -0.39 is 0 Å². The van der Waals surface area contributed by atoms with E-state index in [0.717, 1.165) is 72.3 Å². The minimum atomic E-state index is -0.00715. The van der Waals surface area contributed by atoms with Crippen LogP contribution in [0.5, 0.6) is 46.0 Å². The molecule has 6 aliphatic heterocycles. The van der Waals surface area contributed by atoms with E-state index in [1.807, 2.05) is 30.3 Å². The van der Waals surface area contributed by atoms with Crippen LogP contribution in [0.25, 0.3) is 0 Å². The summed E-state index contributed by atoms with van der Waals surface area (Å²) in [6.45, 7) is 1.80. The molecule has 4 aromatic carbocycles. The molecule has 10 rings (SSSR count). The smallest absolute Gasteiger partial charge is 0.204 e. The molecule has 0 fully saturated rings. The Hall–Kier alpha value is -4.40. The normalized spacial score (nSPS) is 19.4. The van der Waals surface area contributed by atoms with Gasteiger partial charge in [0.1, 0.15) is 11.5 Å². The maximum Gasteiger partial charge on any atom is 0.204 e. The summed E-state index contributed by atoms with van der Waals surface area (Å²) in [7, 11) is 9.21. The molecule has 0 radical (unpaired) electrons. The molecule has 0 spiro atoms. The molecule has 0 aromatic heterocycles. The average Bonchev–Trinajstić information content (AvgIpc) is 3.05. The molecule has 0 saturated carbocycles. The third-order valence-corrected chi connectivity index (χ3v) is 9.66. The van der Waals surface area contributed by atoms with Gasteiger partial charge in [0, 0.05) is 36.3 Å². The lowest BCUT2D eigenvalue weighted by Crippen LogP contribution is -2.34. The third-order valence-electron chi connectivity index (χ3n) is 9.66. The van der Waals surface area contributed by atoms with Gasteiger partial charge < -0.3 is 28.8 Å². The van der Waals surface area contributed by atoms with Gasteiger partial charge in [-0.2, -0.15) is 0 Å². The van der Waals surface area contributed by atoms with E-state index >= 15 is 0 Å². The number of aromatic hydroxyl groups is 1. The minimum absolute atomic E-state index is 0.00715. The zero-order chi connectivity index (χ0) is 31.2. The summed E-state index contributed by atoms with van der Waals surface area (Å²) in [4.78, 5) is 4.71. The van der Waals surface area contributed by atoms with E-state index in [2.05, 4.69) is 54.2 Å². The van der Waals surface area contributed by atoms with E-state index in [-0.39, 0.29) is 17.8 Å². The lowest BCUT2D eigenvalue weighted by atomic mass is 9.87. The molecule has 8 heteroatoms. The van der Waals surface area contributed by atoms with Crippen LogP contribution in [-0.2, 0) is 25.7 Å². The van der Waals surface area contributed by atoms with Gasteiger partial charge in [0.15, 0.2) is 23.0 Å². The fourth-order valence-electron chi connectivity index (χ4n) is 7.15. The van der Waals surface area contributed by atoms with Crippen LogP contribution in [0.2, 0.25) is 0 Å². The fourth-order valence-corrected chi connectivity index (χ4v) is 7.15. The van der Waals surface area contributed by atoms with E-state index in [4.69, 9.17) is 23.7 Å². The highest BCUT2D eigenvalue weighted by atomic mass is 16.5. The molecule has 4 bridgehead atoms. The summed E-state index contributed by atoms with van der Waals surface area (Å²) in [6.07, 6.45) is 3.22. The number of nitrogens with zero attached hydrogens (tertiary/aromatic N) is 2. The summed E-state index contributed by atoms with van der Waals surface area (Å²) >= 11 is 0. The Morgan fingerprint density at radius 3 is 1.60 bits per heavy atom. The lowest BCUT2D eigenvalue weighted by molar-refractivity contribution is 0.221. The Balaban J connectivity index is 1.40. The first-order valence-corrected chi connectivity index (χ1v) is 15.5. The number of hydrogen-bond donors (Lipinski definition) is 1. The Bertz CT molecular complexity index is 1720. The van der Waals surface area contributed by atoms with Crippen molar-refractivity contribution in [3.8, 4) is 46.0 Å². The zero-order valence-electron chi connectivity index (χ0n) is 26.6. The number of benzene rings is 4. The zero-order valence-corrected chi connectivity index (χ0v) is 26.6. The average molecular weight is 609 g/mol. The summed E-state index contributed by atoms with van der Waals surface area (Å²) in [5.74, 6) is 4.27. The fraction of sp³-hybridized carbons (Fsp3) is 0.351. The molecule has 2 atom stereocenters. The molecule has 1 N–H and O–H groups in total. The summed E-state index contributed by atoms with van der Waals surface area (Å²) in [5, 5.41) is 11.4. The van der Waals surface area contributed by atoms with Gasteiger partial charge in [-0.3, -0.25) is 9.80 Å². The molecule has 2 unspecified atom stereocenters. The van der Waals surface area contributed by atoms with E-state index in [1.165, 1.54) is 5.56 Å². The minimum Gasteiger partial charge on any atom is -0.502 e. The van der Waals surface area contributed by atoms with Crippen LogP contribution < -0.4 is 23.7 Å². The van der Waals surface area contributed by atoms with Crippen molar-refractivity contribution in [1.29, 1.82) is 0 Å². The number of hydrogen-bond acceptors (Lipinski definition) is 8. The van der Waals surface area contributed by atoms with Crippen molar-refractivity contribution >= 4 is 0 Å². The molecule has 0 aliphatic carbocycles. The molecule has 6 aliphatic rings. The number of ether oxygens (including phenoxy) is 5. The predicted molar refractivity (Wildman–Crippen MR) is 173 cm³/mol. The highest BCUT2D eigenvalue weighted by molar-refractivity contribution is 5.63. The SMILES string of the molecule is COc1cc2c3c(c1O)Oc1ccc(cc1)CC1c4c(cc(OC)c(OC)c4Oc4ccc(cc4)CC3N(C)CC2)CCN1C. The van der Waals surface area contributed by atoms with Crippen molar-refractivity contribution in [3.05, 3.63) is 94.0 Å². The Labute approximate surface area is 264 Å². The van der Waals surface area contributed by atoms with Crippen LogP contribution in [0.15, 0.2) is 60.7 Å². The summed E-state index contributed by atoms with van der Waals surface area (Å²) in [6, 6.07) is 20.6. The molecule has 0 saturated heterocycles. The molecule has 45 heavy (non-hydrogen) atoms. The molecule has 4 aromatic rings. The van der Waals surface area contributed by atoms with Crippen LogP contribution in [0.3, 0.4) is 0 Å². The Morgan fingerprint density at radius 2 is 1.11 bits per heavy atom. The standard InChI is InChI=1S/C37H40N2O6/c1-38-16-14-24-20-30(41-3)34(40)36-32(24)28(38)18-22-8-12-27(13-9-22)45-37-33-25(21-31(42-4)35(37)43-5)15-17-39(2)29(33)19-23-6-10-26(44-36)11-7-23/h6-13,20-21,28-29,40H,14-19H2,1-5H3. The molecule has 0 amide bonds. The monoisotopic (exact) mass is 608 g/mol. The highest BCUT2D eigenvalue weighted by Crippen LogP contribution is 2.51. The third kappa shape index (κ3) is 5.22. The van der Waals surface area contributed by atoms with Gasteiger partial charge >= 0.3 is 0 Å². The Kier molecular flexibility index (Phi) is 7.71. The molecule has 6 heterocycles. The number of phenolic OH excluding ortho intramolecular Hbond substituents is 1. The maximum absolute atomic E-state index is 11.4. The van der Waals surface area contributed by atoms with Crippen LogP contribution in [0.1, 0.15) is 45.5 Å². The van der Waals surface area contributed by atoms with Crippen molar-refractivity contribution in [2.45, 2.75) is 37.8 Å². The second kappa shape index (κ2) is 11.8. The first kappa shape index (κ1) is 29.3. The largest absolute Gasteiger partial charge is 0.502 e. The number of rotatable bonds is 3.